The lowest BCUT2D eigenvalue weighted by atomic mass is 10.1. The van der Waals surface area contributed by atoms with Gasteiger partial charge in [-0.05, 0) is 43.2 Å². The number of hydrogen-bond acceptors (Lipinski definition) is 6. The first kappa shape index (κ1) is 20.4. The average Bonchev–Trinajstić information content (AvgIpc) is 2.57. The Bertz CT molecular complexity index is 1000. The quantitative estimate of drug-likeness (QED) is 0.599. The molecule has 9 heteroatoms. The number of rotatable bonds is 6. The number of benzene rings is 2. The fourth-order valence-electron chi connectivity index (χ4n) is 2.68. The van der Waals surface area contributed by atoms with Crippen LogP contribution >= 0.6 is 0 Å². The van der Waals surface area contributed by atoms with E-state index in [9.17, 15) is 23.3 Å². The summed E-state index contributed by atoms with van der Waals surface area (Å²) in [6, 6.07) is 9.53. The molecule has 1 N–H and O–H groups in total. The van der Waals surface area contributed by atoms with Crippen LogP contribution in [0.15, 0.2) is 41.3 Å². The Morgan fingerprint density at radius 3 is 2.41 bits per heavy atom. The molecule has 1 amide bonds. The molecule has 8 nitrogen and oxygen atoms in total. The Hall–Kier alpha value is -2.94. The van der Waals surface area contributed by atoms with Crippen LogP contribution in [0.1, 0.15) is 11.1 Å². The van der Waals surface area contributed by atoms with Crippen molar-refractivity contribution in [3.63, 3.8) is 0 Å². The normalized spacial score (nSPS) is 11.1. The molecule has 0 spiro atoms. The van der Waals surface area contributed by atoms with E-state index in [1.165, 1.54) is 30.1 Å². The van der Waals surface area contributed by atoms with Crippen molar-refractivity contribution < 1.29 is 18.1 Å². The van der Waals surface area contributed by atoms with Crippen LogP contribution in [0.5, 0.6) is 0 Å². The molecule has 0 aliphatic carbocycles. The molecule has 2 aromatic rings. The first-order valence-electron chi connectivity index (χ1n) is 8.07. The predicted octanol–water partition coefficient (Wildman–Crippen LogP) is 2.69. The number of nitro groups is 1. The summed E-state index contributed by atoms with van der Waals surface area (Å²) in [6.07, 6.45) is 0.909. The number of carbonyl (C=O) groups is 1. The van der Waals surface area contributed by atoms with E-state index in [0.29, 0.717) is 5.69 Å². The summed E-state index contributed by atoms with van der Waals surface area (Å²) in [5.74, 6) is -0.370. The molecule has 0 aliphatic rings. The molecule has 0 saturated carbocycles. The van der Waals surface area contributed by atoms with Crippen molar-refractivity contribution >= 4 is 32.8 Å². The van der Waals surface area contributed by atoms with E-state index in [4.69, 9.17) is 0 Å². The van der Waals surface area contributed by atoms with Gasteiger partial charge in [0.2, 0.25) is 5.91 Å². The van der Waals surface area contributed by atoms with Gasteiger partial charge in [-0.3, -0.25) is 14.9 Å². The second-order valence-electron chi connectivity index (χ2n) is 6.30. The molecule has 0 bridgehead atoms. The topological polar surface area (TPSA) is 110 Å². The molecule has 2 rings (SSSR count). The zero-order chi connectivity index (χ0) is 20.4. The summed E-state index contributed by atoms with van der Waals surface area (Å²) in [4.78, 5) is 24.1. The van der Waals surface area contributed by atoms with Gasteiger partial charge >= 0.3 is 5.69 Å². The Kier molecular flexibility index (Phi) is 5.85. The molecule has 0 aromatic heterocycles. The van der Waals surface area contributed by atoms with Crippen molar-refractivity contribution in [2.75, 3.05) is 30.1 Å². The number of likely N-dealkylation sites (N-methyl/N-ethyl adjacent to an activating group) is 1. The van der Waals surface area contributed by atoms with E-state index in [-0.39, 0.29) is 23.0 Å². The standard InChI is InChI=1S/C18H21N3O5S/c1-12-7-5-8-14(13(12)2)19-17(22)11-20(3)15-9-6-10-16(27(4,25)26)18(15)21(23)24/h5-10H,11H2,1-4H3,(H,19,22). The molecule has 0 atom stereocenters. The highest BCUT2D eigenvalue weighted by Crippen LogP contribution is 2.34. The van der Waals surface area contributed by atoms with Gasteiger partial charge < -0.3 is 10.2 Å². The molecular formula is C18H21N3O5S. The summed E-state index contributed by atoms with van der Waals surface area (Å²) in [5.41, 5.74) is 2.13. The summed E-state index contributed by atoms with van der Waals surface area (Å²) in [5, 5.41) is 14.2. The number of amides is 1. The number of hydrogen-bond donors (Lipinski definition) is 1. The van der Waals surface area contributed by atoms with Gasteiger partial charge in [0.1, 0.15) is 10.6 Å². The van der Waals surface area contributed by atoms with Crippen molar-refractivity contribution in [2.24, 2.45) is 0 Å². The van der Waals surface area contributed by atoms with Crippen LogP contribution in [-0.2, 0) is 14.6 Å². The van der Waals surface area contributed by atoms with Gasteiger partial charge in [-0.25, -0.2) is 8.42 Å². The maximum Gasteiger partial charge on any atom is 0.311 e. The Labute approximate surface area is 157 Å². The SMILES string of the molecule is Cc1cccc(NC(=O)CN(C)c2cccc(S(C)(=O)=O)c2[N+](=O)[O-])c1C. The molecule has 144 valence electrons. The molecule has 0 fully saturated rings. The minimum atomic E-state index is -3.79. The minimum absolute atomic E-state index is 0.0547. The molecular weight excluding hydrogens is 370 g/mol. The monoisotopic (exact) mass is 391 g/mol. The Morgan fingerprint density at radius 2 is 1.81 bits per heavy atom. The fourth-order valence-corrected chi connectivity index (χ4v) is 3.53. The summed E-state index contributed by atoms with van der Waals surface area (Å²) >= 11 is 0. The van der Waals surface area contributed by atoms with E-state index in [0.717, 1.165) is 17.4 Å². The van der Waals surface area contributed by atoms with Crippen molar-refractivity contribution in [3.8, 4) is 0 Å². The van der Waals surface area contributed by atoms with Crippen molar-refractivity contribution in [3.05, 3.63) is 57.6 Å². The number of nitrogens with zero attached hydrogens (tertiary/aromatic N) is 2. The second kappa shape index (κ2) is 7.75. The van der Waals surface area contributed by atoms with Crippen LogP contribution in [0, 0.1) is 24.0 Å². The Balaban J connectivity index is 2.30. The van der Waals surface area contributed by atoms with Crippen LogP contribution in [-0.4, -0.2) is 39.1 Å². The van der Waals surface area contributed by atoms with Crippen molar-refractivity contribution in [1.82, 2.24) is 0 Å². The molecule has 27 heavy (non-hydrogen) atoms. The number of carbonyl (C=O) groups excluding carboxylic acids is 1. The van der Waals surface area contributed by atoms with Crippen LogP contribution < -0.4 is 10.2 Å². The van der Waals surface area contributed by atoms with Crippen molar-refractivity contribution in [2.45, 2.75) is 18.7 Å². The number of anilines is 2. The third kappa shape index (κ3) is 4.62. The smallest absolute Gasteiger partial charge is 0.311 e. The zero-order valence-corrected chi connectivity index (χ0v) is 16.3. The maximum absolute atomic E-state index is 12.4. The lowest BCUT2D eigenvalue weighted by Gasteiger charge is -2.20. The molecule has 2 aromatic carbocycles. The van der Waals surface area contributed by atoms with Gasteiger partial charge in [-0.1, -0.05) is 18.2 Å². The third-order valence-corrected chi connectivity index (χ3v) is 5.36. The van der Waals surface area contributed by atoms with Gasteiger partial charge in [0, 0.05) is 19.0 Å². The van der Waals surface area contributed by atoms with Gasteiger partial charge in [0.25, 0.3) is 0 Å². The molecule has 0 aliphatic heterocycles. The van der Waals surface area contributed by atoms with Crippen LogP contribution in [0.3, 0.4) is 0 Å². The second-order valence-corrected chi connectivity index (χ2v) is 8.29. The number of nitrogens with one attached hydrogen (secondary N) is 1. The molecule has 0 saturated heterocycles. The Morgan fingerprint density at radius 1 is 1.19 bits per heavy atom. The maximum atomic E-state index is 12.4. The number of nitro benzene ring substituents is 1. The first-order valence-corrected chi connectivity index (χ1v) is 9.96. The van der Waals surface area contributed by atoms with E-state index >= 15 is 0 Å². The lowest BCUT2D eigenvalue weighted by molar-refractivity contribution is -0.387. The van der Waals surface area contributed by atoms with Gasteiger partial charge in [0.05, 0.1) is 11.5 Å². The van der Waals surface area contributed by atoms with Gasteiger partial charge in [-0.2, -0.15) is 0 Å². The predicted molar refractivity (Wildman–Crippen MR) is 104 cm³/mol. The van der Waals surface area contributed by atoms with Crippen LogP contribution in [0.25, 0.3) is 0 Å². The highest BCUT2D eigenvalue weighted by molar-refractivity contribution is 7.90. The lowest BCUT2D eigenvalue weighted by Crippen LogP contribution is -2.31. The zero-order valence-electron chi connectivity index (χ0n) is 15.5. The molecule has 0 radical (unpaired) electrons. The number of aryl methyl sites for hydroxylation is 1. The van der Waals surface area contributed by atoms with E-state index < -0.39 is 20.4 Å². The van der Waals surface area contributed by atoms with Gasteiger partial charge in [0.15, 0.2) is 9.84 Å². The number of para-hydroxylation sites is 1. The van der Waals surface area contributed by atoms with Crippen molar-refractivity contribution in [1.29, 1.82) is 0 Å². The summed E-state index contributed by atoms with van der Waals surface area (Å²) < 4.78 is 23.7. The summed E-state index contributed by atoms with van der Waals surface area (Å²) in [6.45, 7) is 3.63. The van der Waals surface area contributed by atoms with E-state index in [2.05, 4.69) is 5.32 Å². The molecule has 0 unspecified atom stereocenters. The summed E-state index contributed by atoms with van der Waals surface area (Å²) in [7, 11) is -2.29. The van der Waals surface area contributed by atoms with E-state index in [1.807, 2.05) is 26.0 Å². The fraction of sp³-hybridized carbons (Fsp3) is 0.278. The number of sulfone groups is 1. The first-order chi connectivity index (χ1) is 12.5. The third-order valence-electron chi connectivity index (χ3n) is 4.23. The van der Waals surface area contributed by atoms with Gasteiger partial charge in [-0.15, -0.1) is 0 Å². The van der Waals surface area contributed by atoms with E-state index in [1.54, 1.807) is 6.07 Å². The van der Waals surface area contributed by atoms with Crippen LogP contribution in [0.2, 0.25) is 0 Å². The minimum Gasteiger partial charge on any atom is -0.360 e. The van der Waals surface area contributed by atoms with Crippen LogP contribution in [0.4, 0.5) is 17.1 Å². The highest BCUT2D eigenvalue weighted by Gasteiger charge is 2.28. The highest BCUT2D eigenvalue weighted by atomic mass is 32.2. The molecule has 0 heterocycles. The largest absolute Gasteiger partial charge is 0.360 e. The average molecular weight is 391 g/mol.